The molecule has 0 radical (unpaired) electrons. The van der Waals surface area contributed by atoms with Crippen molar-refractivity contribution in [2.45, 2.75) is 30.9 Å². The summed E-state index contributed by atoms with van der Waals surface area (Å²) in [5.74, 6) is 0.995. The highest BCUT2D eigenvalue weighted by molar-refractivity contribution is 9.10. The summed E-state index contributed by atoms with van der Waals surface area (Å²) in [4.78, 5) is 0. The zero-order chi connectivity index (χ0) is 14.5. The fourth-order valence-corrected chi connectivity index (χ4v) is 3.76. The van der Waals surface area contributed by atoms with Crippen LogP contribution in [0.25, 0.3) is 0 Å². The highest BCUT2D eigenvalue weighted by Crippen LogP contribution is 2.34. The van der Waals surface area contributed by atoms with E-state index in [4.69, 9.17) is 5.73 Å². The summed E-state index contributed by atoms with van der Waals surface area (Å²) in [5.41, 5.74) is 10.2. The van der Waals surface area contributed by atoms with Crippen molar-refractivity contribution in [2.75, 3.05) is 0 Å². The fourth-order valence-electron chi connectivity index (χ4n) is 2.16. The largest absolute Gasteiger partial charge is 0.327 e. The van der Waals surface area contributed by atoms with Gasteiger partial charge in [0.25, 0.3) is 0 Å². The van der Waals surface area contributed by atoms with Gasteiger partial charge in [0.2, 0.25) is 0 Å². The molecule has 2 N–H and O–H groups in total. The van der Waals surface area contributed by atoms with Crippen LogP contribution in [0.3, 0.4) is 0 Å². The lowest BCUT2D eigenvalue weighted by molar-refractivity contribution is 0.721. The van der Waals surface area contributed by atoms with Crippen molar-refractivity contribution in [1.29, 1.82) is 0 Å². The third-order valence-corrected chi connectivity index (χ3v) is 5.42. The van der Waals surface area contributed by atoms with Crippen molar-refractivity contribution in [3.05, 3.63) is 69.7 Å². The number of hydrogen-bond donors (Lipinski definition) is 1. The lowest BCUT2D eigenvalue weighted by Gasteiger charge is -2.21. The Balaban J connectivity index is 2.11. The average molecular weight is 350 g/mol. The van der Waals surface area contributed by atoms with E-state index in [0.717, 1.165) is 10.2 Å². The molecule has 2 unspecified atom stereocenters. The Morgan fingerprint density at radius 1 is 1.10 bits per heavy atom. The molecule has 20 heavy (non-hydrogen) atoms. The maximum atomic E-state index is 6.18. The van der Waals surface area contributed by atoms with Crippen LogP contribution in [0.1, 0.15) is 28.9 Å². The summed E-state index contributed by atoms with van der Waals surface area (Å²) >= 11 is 5.39. The molecule has 0 heterocycles. The van der Waals surface area contributed by atoms with E-state index in [1.807, 2.05) is 11.8 Å². The zero-order valence-corrected chi connectivity index (χ0v) is 14.2. The van der Waals surface area contributed by atoms with E-state index in [2.05, 4.69) is 78.3 Å². The Hall–Kier alpha value is -0.770. The first-order valence-electron chi connectivity index (χ1n) is 6.75. The van der Waals surface area contributed by atoms with Crippen LogP contribution in [0.15, 0.2) is 53.0 Å². The molecule has 0 fully saturated rings. The molecule has 0 aromatic heterocycles. The smallest absolute Gasteiger partial charge is 0.0448 e. The summed E-state index contributed by atoms with van der Waals surface area (Å²) in [7, 11) is 0. The molecule has 0 spiro atoms. The van der Waals surface area contributed by atoms with Gasteiger partial charge in [-0.3, -0.25) is 0 Å². The number of aryl methyl sites for hydroxylation is 1. The van der Waals surface area contributed by atoms with Gasteiger partial charge in [0, 0.05) is 21.5 Å². The number of thioether (sulfide) groups is 1. The van der Waals surface area contributed by atoms with Crippen LogP contribution in [0, 0.1) is 6.92 Å². The van der Waals surface area contributed by atoms with Crippen LogP contribution in [-0.2, 0) is 5.75 Å². The average Bonchev–Trinajstić information content (AvgIpc) is 2.42. The SMILES string of the molecule is Cc1ccccc1CSC(c1ccc(Br)cc1)C(C)N. The molecule has 0 amide bonds. The second-order valence-electron chi connectivity index (χ2n) is 5.07. The summed E-state index contributed by atoms with van der Waals surface area (Å²) in [6.45, 7) is 4.24. The molecule has 0 bridgehead atoms. The number of nitrogens with two attached hydrogens (primary N) is 1. The van der Waals surface area contributed by atoms with E-state index in [1.165, 1.54) is 16.7 Å². The van der Waals surface area contributed by atoms with Gasteiger partial charge in [-0.2, -0.15) is 0 Å². The Bertz CT molecular complexity index is 551. The standard InChI is InChI=1S/C17H20BrNS/c1-12-5-3-4-6-15(12)11-20-17(13(2)19)14-7-9-16(18)10-8-14/h3-10,13,17H,11,19H2,1-2H3. The molecular formula is C17H20BrNS. The Morgan fingerprint density at radius 2 is 1.75 bits per heavy atom. The molecule has 2 aromatic carbocycles. The van der Waals surface area contributed by atoms with Gasteiger partial charge in [-0.15, -0.1) is 11.8 Å². The van der Waals surface area contributed by atoms with Crippen LogP contribution in [0.4, 0.5) is 0 Å². The van der Waals surface area contributed by atoms with Gasteiger partial charge >= 0.3 is 0 Å². The third kappa shape index (κ3) is 4.11. The first kappa shape index (κ1) is 15.6. The van der Waals surface area contributed by atoms with E-state index in [0.29, 0.717) is 5.25 Å². The first-order chi connectivity index (χ1) is 9.58. The van der Waals surface area contributed by atoms with Gasteiger partial charge in [-0.25, -0.2) is 0 Å². The minimum Gasteiger partial charge on any atom is -0.327 e. The molecule has 0 aliphatic rings. The Labute approximate surface area is 134 Å². The lowest BCUT2D eigenvalue weighted by atomic mass is 10.1. The molecule has 0 aliphatic heterocycles. The van der Waals surface area contributed by atoms with Crippen molar-refractivity contribution in [1.82, 2.24) is 0 Å². The van der Waals surface area contributed by atoms with Gasteiger partial charge in [-0.1, -0.05) is 52.3 Å². The topological polar surface area (TPSA) is 26.0 Å². The fraction of sp³-hybridized carbons (Fsp3) is 0.294. The third-order valence-electron chi connectivity index (χ3n) is 3.36. The van der Waals surface area contributed by atoms with E-state index in [9.17, 15) is 0 Å². The van der Waals surface area contributed by atoms with Crippen LogP contribution < -0.4 is 5.73 Å². The van der Waals surface area contributed by atoms with Crippen LogP contribution >= 0.6 is 27.7 Å². The predicted molar refractivity (Wildman–Crippen MR) is 93.0 cm³/mol. The monoisotopic (exact) mass is 349 g/mol. The van der Waals surface area contributed by atoms with Crippen molar-refractivity contribution in [2.24, 2.45) is 5.73 Å². The molecule has 0 aliphatic carbocycles. The maximum Gasteiger partial charge on any atom is 0.0448 e. The van der Waals surface area contributed by atoms with Gasteiger partial charge in [0.05, 0.1) is 0 Å². The van der Waals surface area contributed by atoms with Crippen molar-refractivity contribution >= 4 is 27.7 Å². The summed E-state index contributed by atoms with van der Waals surface area (Å²) in [6, 6.07) is 17.2. The van der Waals surface area contributed by atoms with Crippen molar-refractivity contribution < 1.29 is 0 Å². The number of benzene rings is 2. The molecule has 2 atom stereocenters. The van der Waals surface area contributed by atoms with Gasteiger partial charge in [0.15, 0.2) is 0 Å². The molecule has 3 heteroatoms. The normalized spacial score (nSPS) is 14.0. The quantitative estimate of drug-likeness (QED) is 0.814. The minimum absolute atomic E-state index is 0.130. The molecule has 1 nitrogen and oxygen atoms in total. The summed E-state index contributed by atoms with van der Waals surface area (Å²) < 4.78 is 1.11. The molecule has 2 rings (SSSR count). The molecule has 0 saturated carbocycles. The van der Waals surface area contributed by atoms with E-state index in [-0.39, 0.29) is 6.04 Å². The molecule has 2 aromatic rings. The van der Waals surface area contributed by atoms with Gasteiger partial charge in [0.1, 0.15) is 0 Å². The molecule has 106 valence electrons. The minimum atomic E-state index is 0.130. The second kappa shape index (κ2) is 7.30. The van der Waals surface area contributed by atoms with E-state index >= 15 is 0 Å². The Morgan fingerprint density at radius 3 is 2.35 bits per heavy atom. The molecule has 0 saturated heterocycles. The van der Waals surface area contributed by atoms with Crippen LogP contribution in [-0.4, -0.2) is 6.04 Å². The van der Waals surface area contributed by atoms with E-state index in [1.54, 1.807) is 0 Å². The summed E-state index contributed by atoms with van der Waals surface area (Å²) in [5, 5.41) is 0.322. The van der Waals surface area contributed by atoms with Gasteiger partial charge in [-0.05, 0) is 42.7 Å². The number of rotatable bonds is 5. The van der Waals surface area contributed by atoms with Crippen molar-refractivity contribution in [3.8, 4) is 0 Å². The Kier molecular flexibility index (Phi) is 5.70. The highest BCUT2D eigenvalue weighted by Gasteiger charge is 2.17. The zero-order valence-electron chi connectivity index (χ0n) is 11.8. The van der Waals surface area contributed by atoms with Gasteiger partial charge < -0.3 is 5.73 Å². The number of hydrogen-bond acceptors (Lipinski definition) is 2. The second-order valence-corrected chi connectivity index (χ2v) is 7.11. The van der Waals surface area contributed by atoms with Crippen LogP contribution in [0.5, 0.6) is 0 Å². The summed E-state index contributed by atoms with van der Waals surface area (Å²) in [6.07, 6.45) is 0. The lowest BCUT2D eigenvalue weighted by Crippen LogP contribution is -2.22. The maximum absolute atomic E-state index is 6.18. The highest BCUT2D eigenvalue weighted by atomic mass is 79.9. The first-order valence-corrected chi connectivity index (χ1v) is 8.59. The van der Waals surface area contributed by atoms with Crippen LogP contribution in [0.2, 0.25) is 0 Å². The molecular weight excluding hydrogens is 330 g/mol. The van der Waals surface area contributed by atoms with E-state index < -0.39 is 0 Å². The van der Waals surface area contributed by atoms with Crippen molar-refractivity contribution in [3.63, 3.8) is 0 Å². The predicted octanol–water partition coefficient (Wildman–Crippen LogP) is 5.08. The number of halogens is 1.